The number of benzene rings is 2. The zero-order chi connectivity index (χ0) is 27.3. The maximum absolute atomic E-state index is 14.8. The summed E-state index contributed by atoms with van der Waals surface area (Å²) in [6.45, 7) is -0.0445. The minimum Gasteiger partial charge on any atom is -0.273 e. The van der Waals surface area contributed by atoms with Crippen molar-refractivity contribution in [2.75, 3.05) is 13.1 Å². The van der Waals surface area contributed by atoms with Gasteiger partial charge >= 0.3 is 6.18 Å². The van der Waals surface area contributed by atoms with E-state index in [1.165, 1.54) is 0 Å². The molecule has 0 spiro atoms. The molecule has 0 aliphatic carbocycles. The van der Waals surface area contributed by atoms with E-state index in [1.807, 2.05) is 0 Å². The van der Waals surface area contributed by atoms with Gasteiger partial charge in [-0.25, -0.2) is 36.4 Å². The Balaban J connectivity index is 1.58. The summed E-state index contributed by atoms with van der Waals surface area (Å²) in [6.07, 6.45) is -9.99. The zero-order valence-electron chi connectivity index (χ0n) is 18.3. The van der Waals surface area contributed by atoms with Crippen LogP contribution in [0.3, 0.4) is 0 Å². The van der Waals surface area contributed by atoms with Gasteiger partial charge in [0.15, 0.2) is 4.75 Å². The van der Waals surface area contributed by atoms with Crippen LogP contribution in [0, 0.1) is 17.5 Å². The molecule has 0 bridgehead atoms. The minimum atomic E-state index is -5.03. The molecule has 2 aromatic carbocycles. The van der Waals surface area contributed by atoms with E-state index >= 15 is 0 Å². The molecule has 4 rings (SSSR count). The van der Waals surface area contributed by atoms with Gasteiger partial charge in [0.2, 0.25) is 12.3 Å². The molecular weight excluding hydrogens is 558 g/mol. The predicted molar refractivity (Wildman–Crippen MR) is 118 cm³/mol. The van der Waals surface area contributed by atoms with Crippen LogP contribution in [-0.4, -0.2) is 53.2 Å². The van der Waals surface area contributed by atoms with Crippen molar-refractivity contribution >= 4 is 41.1 Å². The fourth-order valence-corrected chi connectivity index (χ4v) is 4.94. The van der Waals surface area contributed by atoms with Crippen molar-refractivity contribution in [3.63, 3.8) is 0 Å². The van der Waals surface area contributed by atoms with E-state index in [2.05, 4.69) is 4.40 Å². The maximum Gasteiger partial charge on any atom is 0.409 e. The Morgan fingerprint density at radius 1 is 1.03 bits per heavy atom. The lowest BCUT2D eigenvalue weighted by Crippen LogP contribution is -2.62. The molecule has 1 saturated heterocycles. The Hall–Kier alpha value is -2.87. The van der Waals surface area contributed by atoms with Gasteiger partial charge in [-0.05, 0) is 47.3 Å². The summed E-state index contributed by atoms with van der Waals surface area (Å²) in [7, 11) is 0. The number of halogens is 9. The third-order valence-corrected chi connectivity index (χ3v) is 7.43. The number of alkyl halides is 5. The molecule has 2 aromatic rings. The fraction of sp³-hybridized carbons (Fsp3) is 0.318. The molecule has 1 atom stereocenters. The van der Waals surface area contributed by atoms with Crippen molar-refractivity contribution in [3.8, 4) is 0 Å². The molecule has 0 radical (unpaired) electrons. The monoisotopic (exact) mass is 571 g/mol. The Bertz CT molecular complexity index is 1280. The summed E-state index contributed by atoms with van der Waals surface area (Å²) in [5.74, 6) is -5.97. The summed E-state index contributed by atoms with van der Waals surface area (Å²) < 4.78 is 111. The van der Waals surface area contributed by atoms with E-state index in [9.17, 15) is 44.7 Å². The number of nitrogens with zero attached hydrogens (tertiary/aromatic N) is 3. The van der Waals surface area contributed by atoms with E-state index in [0.29, 0.717) is 12.1 Å². The van der Waals surface area contributed by atoms with E-state index in [4.69, 9.17) is 11.6 Å². The van der Waals surface area contributed by atoms with Gasteiger partial charge in [0, 0.05) is 6.42 Å². The predicted octanol–water partition coefficient (Wildman–Crippen LogP) is 5.91. The summed E-state index contributed by atoms with van der Waals surface area (Å²) in [6, 6.07) is 3.76. The molecule has 0 saturated carbocycles. The Kier molecular flexibility index (Phi) is 7.18. The van der Waals surface area contributed by atoms with Gasteiger partial charge in [-0.15, -0.1) is 0 Å². The van der Waals surface area contributed by atoms with Crippen LogP contribution in [0.4, 0.5) is 35.1 Å². The van der Waals surface area contributed by atoms with Gasteiger partial charge < -0.3 is 0 Å². The van der Waals surface area contributed by atoms with Gasteiger partial charge in [-0.3, -0.25) is 9.59 Å². The van der Waals surface area contributed by atoms with Crippen molar-refractivity contribution < 1.29 is 44.7 Å². The number of hydrogen-bond donors (Lipinski definition) is 0. The Labute approximate surface area is 213 Å². The molecule has 1 fully saturated rings. The van der Waals surface area contributed by atoms with Gasteiger partial charge in [0.05, 0.1) is 30.8 Å². The lowest BCUT2D eigenvalue weighted by atomic mass is 9.89. The molecule has 2 amide bonds. The minimum absolute atomic E-state index is 0.00185. The van der Waals surface area contributed by atoms with Crippen molar-refractivity contribution in [3.05, 3.63) is 69.5 Å². The summed E-state index contributed by atoms with van der Waals surface area (Å²) in [5, 5.41) is 0.565. The topological polar surface area (TPSA) is 53.0 Å². The molecule has 0 aromatic heterocycles. The average Bonchev–Trinajstić information content (AvgIpc) is 3.22. The molecule has 2 heterocycles. The first kappa shape index (κ1) is 27.2. The molecule has 15 heteroatoms. The van der Waals surface area contributed by atoms with E-state index in [0.717, 1.165) is 28.2 Å². The molecule has 198 valence electrons. The van der Waals surface area contributed by atoms with Crippen molar-refractivity contribution in [2.45, 2.75) is 30.2 Å². The van der Waals surface area contributed by atoms with Crippen LogP contribution in [0.15, 0.2) is 34.7 Å². The number of rotatable bonds is 5. The third-order valence-electron chi connectivity index (χ3n) is 5.84. The highest BCUT2D eigenvalue weighted by Crippen LogP contribution is 2.57. The first-order valence-electron chi connectivity index (χ1n) is 10.4. The number of carbonyl (C=O) groups is 2. The fourth-order valence-electron chi connectivity index (χ4n) is 3.86. The van der Waals surface area contributed by atoms with E-state index in [-0.39, 0.29) is 36.3 Å². The molecule has 0 N–H and O–H groups in total. The second-order valence-electron chi connectivity index (χ2n) is 8.12. The number of amides is 2. The lowest BCUT2D eigenvalue weighted by Gasteiger charge is -2.43. The molecule has 1 unspecified atom stereocenters. The highest BCUT2D eigenvalue weighted by Gasteiger charge is 2.60. The van der Waals surface area contributed by atoms with Crippen LogP contribution in [0.5, 0.6) is 0 Å². The van der Waals surface area contributed by atoms with E-state index < -0.39 is 75.6 Å². The second kappa shape index (κ2) is 9.78. The van der Waals surface area contributed by atoms with Gasteiger partial charge in [0.25, 0.3) is 5.91 Å². The first-order valence-corrected chi connectivity index (χ1v) is 11.6. The summed E-state index contributed by atoms with van der Waals surface area (Å²) in [5.41, 5.74) is -1.71. The lowest BCUT2D eigenvalue weighted by molar-refractivity contribution is -0.161. The van der Waals surface area contributed by atoms with Gasteiger partial charge in [0.1, 0.15) is 22.5 Å². The highest BCUT2D eigenvalue weighted by molar-refractivity contribution is 7.99. The van der Waals surface area contributed by atoms with Crippen LogP contribution >= 0.6 is 23.5 Å². The van der Waals surface area contributed by atoms with Crippen LogP contribution in [0.25, 0.3) is 0 Å². The van der Waals surface area contributed by atoms with Crippen LogP contribution in [0.2, 0.25) is 5.02 Å². The number of hydrazine groups is 1. The van der Waals surface area contributed by atoms with Crippen molar-refractivity contribution in [2.24, 2.45) is 4.40 Å². The van der Waals surface area contributed by atoms with Crippen molar-refractivity contribution in [1.82, 2.24) is 10.0 Å². The molecule has 5 nitrogen and oxygen atoms in total. The van der Waals surface area contributed by atoms with Crippen molar-refractivity contribution in [1.29, 1.82) is 0 Å². The summed E-state index contributed by atoms with van der Waals surface area (Å²) >= 11 is 5.39. The van der Waals surface area contributed by atoms with Gasteiger partial charge in [-0.2, -0.15) is 13.2 Å². The second-order valence-corrected chi connectivity index (χ2v) is 9.56. The summed E-state index contributed by atoms with van der Waals surface area (Å²) in [4.78, 5) is 24.4. The zero-order valence-corrected chi connectivity index (χ0v) is 19.8. The van der Waals surface area contributed by atoms with Crippen LogP contribution < -0.4 is 0 Å². The highest BCUT2D eigenvalue weighted by atomic mass is 35.5. The largest absolute Gasteiger partial charge is 0.409 e. The quantitative estimate of drug-likeness (QED) is 0.255. The smallest absolute Gasteiger partial charge is 0.273 e. The van der Waals surface area contributed by atoms with Crippen LogP contribution in [-0.2, 0) is 9.54 Å². The maximum atomic E-state index is 14.8. The molecular formula is C22H14ClF8N3O2S. The van der Waals surface area contributed by atoms with Gasteiger partial charge in [-0.1, -0.05) is 17.7 Å². The van der Waals surface area contributed by atoms with E-state index in [1.54, 1.807) is 0 Å². The Morgan fingerprint density at radius 2 is 1.65 bits per heavy atom. The number of carbonyl (C=O) groups excluding carboxylic acids is 2. The Morgan fingerprint density at radius 3 is 2.16 bits per heavy atom. The average molecular weight is 572 g/mol. The molecule has 2 aliphatic rings. The molecule has 37 heavy (non-hydrogen) atoms. The standard InChI is InChI=1S/C22H14ClF8N3O2S/c23-19-14(25)6-11(7-15(19)26)21(22(29,30)31)9-16(32-37-21)10-1-2-12(13(24)5-10)20(36)34-4-3-33(34)18(35)8-17(27)28/h1-2,5-7,17H,3-4,8-9H2. The number of hydrogen-bond acceptors (Lipinski definition) is 4. The first-order chi connectivity index (χ1) is 17.2. The third kappa shape index (κ3) is 4.88. The SMILES string of the molecule is O=C(CC(F)F)N1CCN1C(=O)c1ccc(C2=NSC(c3cc(F)c(Cl)c(F)c3)(C(F)(F)F)C2)cc1F. The van der Waals surface area contributed by atoms with Crippen LogP contribution in [0.1, 0.15) is 34.3 Å². The molecule has 2 aliphatic heterocycles. The normalized spacial score (nSPS) is 19.8.